The number of aryl methyl sites for hydroxylation is 3. The van der Waals surface area contributed by atoms with Crippen molar-refractivity contribution < 1.29 is 47.7 Å². The number of nitrogens with one attached hydrogen (secondary N) is 2. The van der Waals surface area contributed by atoms with Gasteiger partial charge >= 0.3 is 6.09 Å². The topological polar surface area (TPSA) is 209 Å². The third kappa shape index (κ3) is 14.3. The van der Waals surface area contributed by atoms with Gasteiger partial charge in [-0.3, -0.25) is 19.2 Å². The van der Waals surface area contributed by atoms with Crippen molar-refractivity contribution in [1.29, 1.82) is 0 Å². The van der Waals surface area contributed by atoms with Gasteiger partial charge in [0.15, 0.2) is 5.78 Å². The molecule has 1 saturated heterocycles. The summed E-state index contributed by atoms with van der Waals surface area (Å²) in [6.07, 6.45) is 3.28. The smallest absolute Gasteiger partial charge is 0.437 e. The molecule has 0 spiro atoms. The van der Waals surface area contributed by atoms with Gasteiger partial charge < -0.3 is 44.0 Å². The van der Waals surface area contributed by atoms with Crippen LogP contribution in [-0.2, 0) is 45.7 Å². The Morgan fingerprint density at radius 3 is 2.37 bits per heavy atom. The number of thiazole rings is 1. The summed E-state index contributed by atoms with van der Waals surface area (Å²) >= 11 is 8.18. The number of fused-ring (bicyclic) bond motifs is 1. The molecule has 0 bridgehead atoms. The van der Waals surface area contributed by atoms with Crippen molar-refractivity contribution in [2.45, 2.75) is 124 Å². The van der Waals surface area contributed by atoms with E-state index < -0.39 is 53.1 Å². The molecule has 5 heterocycles. The molecule has 0 saturated carbocycles. The quantitative estimate of drug-likeness (QED) is 0.0580. The number of likely N-dealkylation sites (tertiary alicyclic amines) is 1. The maximum atomic E-state index is 14.6. The average molecular weight is 1120 g/mol. The SMILES string of the molecule is Cc1nc(F)ccc1-c1cc(Cn2ccn(C)c2=NC(=O)OC(C)(C)C)cc2c1OCC(Cc1ccc(Cl)c(OCCCCC(=O)N[C@H](C(=O)N3C[C@H](O)C[C@H]3C(=O)NCc3ccc(-c4scnc4C)cc3)C(C)(C)C)c1)C2=O. The Morgan fingerprint density at radius 1 is 0.937 bits per heavy atom. The molecule has 20 heteroatoms. The van der Waals surface area contributed by atoms with Gasteiger partial charge in [0.25, 0.3) is 0 Å². The van der Waals surface area contributed by atoms with Gasteiger partial charge in [-0.15, -0.1) is 16.3 Å². The number of aliphatic hydroxyl groups is 1. The average Bonchev–Trinajstić information content (AvgIpc) is 4.13. The summed E-state index contributed by atoms with van der Waals surface area (Å²) in [6.45, 7) is 15.2. The Balaban J connectivity index is 0.871. The number of β-amino-alcohol motifs (C(OH)–C–C–N with tert-alkyl or cyclic N) is 1. The number of carbonyl (C=O) groups excluding carboxylic acids is 5. The summed E-state index contributed by atoms with van der Waals surface area (Å²) in [5, 5.41) is 16.9. The molecule has 0 radical (unpaired) electrons. The third-order valence-corrected chi connectivity index (χ3v) is 15.1. The molecule has 3 aromatic carbocycles. The van der Waals surface area contributed by atoms with Crippen LogP contribution in [-0.4, -0.2) is 102 Å². The van der Waals surface area contributed by atoms with Gasteiger partial charge in [0.1, 0.15) is 29.2 Å². The fourth-order valence-corrected chi connectivity index (χ4v) is 10.7. The number of rotatable bonds is 17. The van der Waals surface area contributed by atoms with Gasteiger partial charge in [0.05, 0.1) is 58.4 Å². The van der Waals surface area contributed by atoms with E-state index in [1.54, 1.807) is 97.4 Å². The highest BCUT2D eigenvalue weighted by Crippen LogP contribution is 2.41. The van der Waals surface area contributed by atoms with Crippen LogP contribution in [0.1, 0.15) is 106 Å². The Hall–Kier alpha value is -7.22. The van der Waals surface area contributed by atoms with Gasteiger partial charge in [-0.1, -0.05) is 62.7 Å². The van der Waals surface area contributed by atoms with Crippen molar-refractivity contribution in [3.8, 4) is 33.1 Å². The van der Waals surface area contributed by atoms with Gasteiger partial charge in [-0.2, -0.15) is 4.39 Å². The Kier molecular flexibility index (Phi) is 17.9. The van der Waals surface area contributed by atoms with Gasteiger partial charge in [-0.25, -0.2) is 14.8 Å². The molecule has 2 aliphatic heterocycles. The lowest BCUT2D eigenvalue weighted by atomic mass is 9.85. The second kappa shape index (κ2) is 24.4. The highest BCUT2D eigenvalue weighted by atomic mass is 35.5. The molecular formula is C59H68ClFN8O9S. The minimum absolute atomic E-state index is 0.0338. The first-order valence-electron chi connectivity index (χ1n) is 26.4. The molecule has 1 unspecified atom stereocenters. The number of carbonyl (C=O) groups is 5. The number of ketones is 1. The van der Waals surface area contributed by atoms with Gasteiger partial charge in [0, 0.05) is 62.2 Å². The number of aliphatic hydroxyl groups excluding tert-OH is 1. The number of ether oxygens (including phenoxy) is 3. The molecular weight excluding hydrogens is 1050 g/mol. The van der Waals surface area contributed by atoms with Crippen LogP contribution in [0.2, 0.25) is 5.02 Å². The van der Waals surface area contributed by atoms with Crippen molar-refractivity contribution in [2.75, 3.05) is 19.8 Å². The molecule has 4 amide bonds. The Labute approximate surface area is 468 Å². The summed E-state index contributed by atoms with van der Waals surface area (Å²) in [6, 6.07) is 17.8. The summed E-state index contributed by atoms with van der Waals surface area (Å²) in [5.41, 5.74) is 6.95. The van der Waals surface area contributed by atoms with Crippen LogP contribution in [0.25, 0.3) is 21.6 Å². The minimum Gasteiger partial charge on any atom is -0.492 e. The van der Waals surface area contributed by atoms with E-state index in [0.717, 1.165) is 27.3 Å². The van der Waals surface area contributed by atoms with Crippen molar-refractivity contribution in [1.82, 2.24) is 34.6 Å². The van der Waals surface area contributed by atoms with Crippen LogP contribution in [0, 0.1) is 31.1 Å². The zero-order chi connectivity index (χ0) is 56.9. The van der Waals surface area contributed by atoms with E-state index in [-0.39, 0.29) is 63.3 Å². The second-order valence-corrected chi connectivity index (χ2v) is 23.6. The molecule has 4 atom stereocenters. The number of unbranched alkanes of at least 4 members (excludes halogenated alkanes) is 1. The molecule has 6 aromatic rings. The monoisotopic (exact) mass is 1120 g/mol. The maximum Gasteiger partial charge on any atom is 0.437 e. The molecule has 3 N–H and O–H groups in total. The first-order chi connectivity index (χ1) is 37.4. The molecule has 17 nitrogen and oxygen atoms in total. The minimum atomic E-state index is -0.966. The first kappa shape index (κ1) is 57.9. The molecule has 2 aliphatic rings. The van der Waals surface area contributed by atoms with Crippen molar-refractivity contribution in [2.24, 2.45) is 23.4 Å². The van der Waals surface area contributed by atoms with Crippen LogP contribution in [0.15, 0.2) is 89.6 Å². The Morgan fingerprint density at radius 2 is 1.67 bits per heavy atom. The third-order valence-electron chi connectivity index (χ3n) is 13.8. The fourth-order valence-electron chi connectivity index (χ4n) is 9.76. The predicted molar refractivity (Wildman–Crippen MR) is 298 cm³/mol. The maximum absolute atomic E-state index is 14.6. The normalized spacial score (nSPS) is 17.0. The largest absolute Gasteiger partial charge is 0.492 e. The summed E-state index contributed by atoms with van der Waals surface area (Å²) < 4.78 is 35.7. The van der Waals surface area contributed by atoms with E-state index in [4.69, 9.17) is 25.8 Å². The number of pyridine rings is 1. The lowest BCUT2D eigenvalue weighted by Gasteiger charge is -2.35. The van der Waals surface area contributed by atoms with E-state index in [1.807, 2.05) is 64.1 Å². The number of hydrogen-bond donors (Lipinski definition) is 3. The van der Waals surface area contributed by atoms with Gasteiger partial charge in [0.2, 0.25) is 29.3 Å². The number of imidazole rings is 1. The van der Waals surface area contributed by atoms with Crippen LogP contribution in [0.4, 0.5) is 9.18 Å². The summed E-state index contributed by atoms with van der Waals surface area (Å²) in [5.74, 6) is -1.77. The molecule has 1 fully saturated rings. The molecule has 0 aliphatic carbocycles. The van der Waals surface area contributed by atoms with Crippen LogP contribution in [0.3, 0.4) is 0 Å². The second-order valence-electron chi connectivity index (χ2n) is 22.3. The molecule has 79 heavy (non-hydrogen) atoms. The summed E-state index contributed by atoms with van der Waals surface area (Å²) in [7, 11) is 1.76. The zero-order valence-corrected chi connectivity index (χ0v) is 47.6. The van der Waals surface area contributed by atoms with E-state index in [9.17, 15) is 33.5 Å². The van der Waals surface area contributed by atoms with Crippen LogP contribution >= 0.6 is 22.9 Å². The first-order valence-corrected chi connectivity index (χ1v) is 27.6. The number of amides is 4. The van der Waals surface area contributed by atoms with Crippen LogP contribution in [0.5, 0.6) is 11.5 Å². The standard InChI is InChI=1S/C59H68ClFN8O9S/c1-34-42(18-20-48(61)64-34)43-25-38(30-68-22-21-67(9)56(68)66-57(75)78-59(6,7)8)26-44-50(72)40(32-77-51(43)44)24-37-15-19-45(60)47(27-37)76-23-11-10-12-49(71)65-53(58(3,4)5)55(74)69-31-41(70)28-46(69)54(73)62-29-36-13-16-39(17-14-36)52-35(2)63-33-79-52/h13-22,25-27,33,40-41,46,53,70H,10-12,23-24,28-32H2,1-9H3,(H,62,73)(H,65,71)/t40?,41-,46+,53-/m1/s1. The van der Waals surface area contributed by atoms with Crippen molar-refractivity contribution in [3.63, 3.8) is 0 Å². The molecule has 8 rings (SSSR count). The predicted octanol–water partition coefficient (Wildman–Crippen LogP) is 9.10. The number of halogens is 2. The lowest BCUT2D eigenvalue weighted by Crippen LogP contribution is -2.57. The number of hydrogen-bond acceptors (Lipinski definition) is 12. The van der Waals surface area contributed by atoms with E-state index in [0.29, 0.717) is 69.4 Å². The number of benzene rings is 3. The Bertz CT molecular complexity index is 3320. The summed E-state index contributed by atoms with van der Waals surface area (Å²) in [4.78, 5) is 83.6. The van der Waals surface area contributed by atoms with E-state index in [1.165, 1.54) is 11.0 Å². The van der Waals surface area contributed by atoms with E-state index >= 15 is 0 Å². The number of Topliss-reactive ketones (excluding diaryl/α,β-unsaturated/α-hetero) is 1. The fraction of sp³-hybridized carbons (Fsp3) is 0.424. The zero-order valence-electron chi connectivity index (χ0n) is 46.0. The molecule has 3 aromatic heterocycles. The molecule has 418 valence electrons. The van der Waals surface area contributed by atoms with E-state index in [2.05, 4.69) is 25.6 Å². The number of aromatic nitrogens is 4. The number of nitrogens with zero attached hydrogens (tertiary/aromatic N) is 6. The van der Waals surface area contributed by atoms with Crippen molar-refractivity contribution >= 4 is 52.5 Å². The lowest BCUT2D eigenvalue weighted by molar-refractivity contribution is -0.144. The highest BCUT2D eigenvalue weighted by molar-refractivity contribution is 7.13. The van der Waals surface area contributed by atoms with Crippen molar-refractivity contribution in [3.05, 3.63) is 135 Å². The van der Waals surface area contributed by atoms with Crippen LogP contribution < -0.4 is 25.7 Å². The van der Waals surface area contributed by atoms with Gasteiger partial charge in [-0.05, 0) is 118 Å². The highest BCUT2D eigenvalue weighted by Gasteiger charge is 2.44.